The maximum Gasteiger partial charge on any atom is 0.118 e. The molecule has 2 aromatic heterocycles. The highest BCUT2D eigenvalue weighted by molar-refractivity contribution is 5.09. The number of H-pyrrole nitrogens is 1. The predicted molar refractivity (Wildman–Crippen MR) is 68.0 cm³/mol. The summed E-state index contributed by atoms with van der Waals surface area (Å²) in [6, 6.07) is 3.92. The quantitative estimate of drug-likeness (QED) is 0.816. The first-order valence-electron chi connectivity index (χ1n) is 6.06. The van der Waals surface area contributed by atoms with Crippen molar-refractivity contribution in [2.45, 2.75) is 26.9 Å². The minimum absolute atomic E-state index is 0.128. The fourth-order valence-electron chi connectivity index (χ4n) is 1.90. The molecule has 18 heavy (non-hydrogen) atoms. The molecular weight excluding hydrogens is 230 g/mol. The Morgan fingerprint density at radius 1 is 1.33 bits per heavy atom. The van der Waals surface area contributed by atoms with E-state index in [9.17, 15) is 0 Å². The smallest absolute Gasteiger partial charge is 0.118 e. The van der Waals surface area contributed by atoms with Crippen LogP contribution >= 0.6 is 0 Å². The molecule has 0 aliphatic heterocycles. The fourth-order valence-corrected chi connectivity index (χ4v) is 1.90. The van der Waals surface area contributed by atoms with Gasteiger partial charge in [-0.25, -0.2) is 4.98 Å². The zero-order valence-electron chi connectivity index (χ0n) is 10.8. The molecule has 0 bridgehead atoms. The Morgan fingerprint density at radius 3 is 2.72 bits per heavy atom. The van der Waals surface area contributed by atoms with Crippen molar-refractivity contribution in [3.8, 4) is 0 Å². The van der Waals surface area contributed by atoms with Crippen molar-refractivity contribution >= 4 is 0 Å². The van der Waals surface area contributed by atoms with Crippen LogP contribution in [-0.2, 0) is 13.1 Å². The Kier molecular flexibility index (Phi) is 4.17. The van der Waals surface area contributed by atoms with Crippen molar-refractivity contribution in [1.29, 1.82) is 0 Å². The predicted octanol–water partition coefficient (Wildman–Crippen LogP) is 1.61. The fraction of sp³-hybridized carbons (Fsp3) is 0.462. The number of furan rings is 1. The molecule has 0 spiro atoms. The Balaban J connectivity index is 2.02. The largest absolute Gasteiger partial charge is 0.465 e. The molecule has 0 aliphatic rings. The molecule has 2 rings (SSSR count). The van der Waals surface area contributed by atoms with Gasteiger partial charge in [0.25, 0.3) is 0 Å². The van der Waals surface area contributed by atoms with Gasteiger partial charge in [0.2, 0.25) is 0 Å². The molecule has 0 unspecified atom stereocenters. The van der Waals surface area contributed by atoms with Crippen LogP contribution in [0.4, 0.5) is 0 Å². The third-order valence-electron chi connectivity index (χ3n) is 2.90. The lowest BCUT2D eigenvalue weighted by molar-refractivity contribution is 0.173. The van der Waals surface area contributed by atoms with Gasteiger partial charge in [0.05, 0.1) is 25.2 Å². The summed E-state index contributed by atoms with van der Waals surface area (Å²) in [5.41, 5.74) is 2.07. The van der Waals surface area contributed by atoms with Gasteiger partial charge in [-0.15, -0.1) is 0 Å². The summed E-state index contributed by atoms with van der Waals surface area (Å²) in [5.74, 6) is 1.82. The Labute approximate surface area is 106 Å². The third kappa shape index (κ3) is 3.21. The molecule has 0 aromatic carbocycles. The molecule has 2 aromatic rings. The molecule has 0 aliphatic carbocycles. The average molecular weight is 249 g/mol. The topological polar surface area (TPSA) is 65.3 Å². The van der Waals surface area contributed by atoms with E-state index in [1.807, 2.05) is 26.0 Å². The van der Waals surface area contributed by atoms with E-state index >= 15 is 0 Å². The number of nitrogens with zero attached hydrogens (tertiary/aromatic N) is 2. The van der Waals surface area contributed by atoms with E-state index in [0.29, 0.717) is 19.6 Å². The van der Waals surface area contributed by atoms with Gasteiger partial charge in [0.1, 0.15) is 11.5 Å². The monoisotopic (exact) mass is 249 g/mol. The lowest BCUT2D eigenvalue weighted by Gasteiger charge is -2.19. The Hall–Kier alpha value is -1.59. The lowest BCUT2D eigenvalue weighted by atomic mass is 10.3. The minimum atomic E-state index is 0.128. The zero-order valence-corrected chi connectivity index (χ0v) is 10.8. The van der Waals surface area contributed by atoms with Crippen LogP contribution in [-0.4, -0.2) is 33.1 Å². The van der Waals surface area contributed by atoms with Crippen LogP contribution in [0.2, 0.25) is 0 Å². The molecule has 0 fully saturated rings. The number of aromatic amines is 1. The second kappa shape index (κ2) is 5.84. The van der Waals surface area contributed by atoms with E-state index in [-0.39, 0.29) is 6.61 Å². The molecule has 5 heteroatoms. The molecule has 0 saturated heterocycles. The number of hydrogen-bond donors (Lipinski definition) is 2. The van der Waals surface area contributed by atoms with Crippen molar-refractivity contribution in [3.63, 3.8) is 0 Å². The highest BCUT2D eigenvalue weighted by Crippen LogP contribution is 2.12. The SMILES string of the molecule is Cc1ccc(CN(CCO)Cc2nc[nH]c2C)o1. The molecule has 0 atom stereocenters. The first-order valence-corrected chi connectivity index (χ1v) is 6.06. The first-order chi connectivity index (χ1) is 8.69. The lowest BCUT2D eigenvalue weighted by Crippen LogP contribution is -2.26. The number of imidazole rings is 1. The number of rotatable bonds is 6. The van der Waals surface area contributed by atoms with Crippen LogP contribution in [0.15, 0.2) is 22.9 Å². The minimum Gasteiger partial charge on any atom is -0.465 e. The number of aliphatic hydroxyl groups is 1. The van der Waals surface area contributed by atoms with Crippen LogP contribution < -0.4 is 0 Å². The average Bonchev–Trinajstić information content (AvgIpc) is 2.90. The second-order valence-corrected chi connectivity index (χ2v) is 4.42. The molecule has 2 heterocycles. The highest BCUT2D eigenvalue weighted by atomic mass is 16.3. The number of hydrogen-bond acceptors (Lipinski definition) is 4. The van der Waals surface area contributed by atoms with Crippen LogP contribution in [0.1, 0.15) is 22.9 Å². The van der Waals surface area contributed by atoms with Crippen LogP contribution in [0.25, 0.3) is 0 Å². The zero-order chi connectivity index (χ0) is 13.0. The molecular formula is C13H19N3O2. The summed E-state index contributed by atoms with van der Waals surface area (Å²) in [4.78, 5) is 9.45. The molecule has 2 N–H and O–H groups in total. The Bertz CT molecular complexity index is 490. The molecule has 0 amide bonds. The summed E-state index contributed by atoms with van der Waals surface area (Å²) in [6.07, 6.45) is 1.69. The van der Waals surface area contributed by atoms with E-state index < -0.39 is 0 Å². The van der Waals surface area contributed by atoms with Crippen molar-refractivity contribution in [1.82, 2.24) is 14.9 Å². The van der Waals surface area contributed by atoms with E-state index in [1.165, 1.54) is 0 Å². The number of nitrogens with one attached hydrogen (secondary N) is 1. The second-order valence-electron chi connectivity index (χ2n) is 4.42. The van der Waals surface area contributed by atoms with Crippen molar-refractivity contribution in [2.24, 2.45) is 0 Å². The van der Waals surface area contributed by atoms with E-state index in [1.54, 1.807) is 6.33 Å². The van der Waals surface area contributed by atoms with Crippen molar-refractivity contribution in [3.05, 3.63) is 41.4 Å². The highest BCUT2D eigenvalue weighted by Gasteiger charge is 2.11. The van der Waals surface area contributed by atoms with Crippen LogP contribution in [0.5, 0.6) is 0 Å². The summed E-state index contributed by atoms with van der Waals surface area (Å²) in [7, 11) is 0. The third-order valence-corrected chi connectivity index (χ3v) is 2.90. The summed E-state index contributed by atoms with van der Waals surface area (Å²) in [6.45, 7) is 6.04. The van der Waals surface area contributed by atoms with E-state index in [4.69, 9.17) is 9.52 Å². The molecule has 0 radical (unpaired) electrons. The van der Waals surface area contributed by atoms with Gasteiger partial charge in [-0.2, -0.15) is 0 Å². The van der Waals surface area contributed by atoms with Gasteiger partial charge in [-0.05, 0) is 26.0 Å². The standard InChI is InChI=1S/C13H19N3O2/c1-10-3-4-12(18-10)7-16(5-6-17)8-13-11(2)14-9-15-13/h3-4,9,17H,5-8H2,1-2H3,(H,14,15). The molecule has 0 saturated carbocycles. The summed E-state index contributed by atoms with van der Waals surface area (Å²) < 4.78 is 5.56. The van der Waals surface area contributed by atoms with Gasteiger partial charge in [0.15, 0.2) is 0 Å². The van der Waals surface area contributed by atoms with Gasteiger partial charge in [-0.1, -0.05) is 0 Å². The number of aromatic nitrogens is 2. The first kappa shape index (κ1) is 12.9. The van der Waals surface area contributed by atoms with Gasteiger partial charge >= 0.3 is 0 Å². The van der Waals surface area contributed by atoms with Crippen LogP contribution in [0, 0.1) is 13.8 Å². The molecule has 5 nitrogen and oxygen atoms in total. The van der Waals surface area contributed by atoms with Crippen LogP contribution in [0.3, 0.4) is 0 Å². The van der Waals surface area contributed by atoms with E-state index in [0.717, 1.165) is 22.9 Å². The number of aliphatic hydroxyl groups excluding tert-OH is 1. The van der Waals surface area contributed by atoms with Gasteiger partial charge in [0, 0.05) is 18.8 Å². The molecule has 98 valence electrons. The van der Waals surface area contributed by atoms with Crippen molar-refractivity contribution < 1.29 is 9.52 Å². The summed E-state index contributed by atoms with van der Waals surface area (Å²) in [5, 5.41) is 9.12. The van der Waals surface area contributed by atoms with Crippen molar-refractivity contribution in [2.75, 3.05) is 13.2 Å². The van der Waals surface area contributed by atoms with E-state index in [2.05, 4.69) is 14.9 Å². The van der Waals surface area contributed by atoms with Gasteiger partial charge in [-0.3, -0.25) is 4.90 Å². The number of aryl methyl sites for hydroxylation is 2. The van der Waals surface area contributed by atoms with Gasteiger partial charge < -0.3 is 14.5 Å². The summed E-state index contributed by atoms with van der Waals surface area (Å²) >= 11 is 0. The maximum atomic E-state index is 9.12. The Morgan fingerprint density at radius 2 is 2.17 bits per heavy atom. The maximum absolute atomic E-state index is 9.12. The normalized spacial score (nSPS) is 11.3.